The first kappa shape index (κ1) is 18.2. The average Bonchev–Trinajstić information content (AvgIpc) is 3.34. The molecule has 0 atom stereocenters. The summed E-state index contributed by atoms with van der Waals surface area (Å²) < 4.78 is 4.34. The molecular formula is C20H24N8. The van der Waals surface area contributed by atoms with Gasteiger partial charge in [0.05, 0.1) is 18.2 Å². The van der Waals surface area contributed by atoms with E-state index in [2.05, 4.69) is 47.2 Å². The molecule has 8 nitrogen and oxygen atoms in total. The van der Waals surface area contributed by atoms with Crippen molar-refractivity contribution in [2.75, 3.05) is 18.0 Å². The van der Waals surface area contributed by atoms with Gasteiger partial charge in [0.15, 0.2) is 5.82 Å². The molecule has 144 valence electrons. The SMILES string of the molecule is CCn1c(Cn2ccnc2C)nnc1C1CCN(c2cc(C#N)ccn2)CC1. The highest BCUT2D eigenvalue weighted by Crippen LogP contribution is 2.29. The van der Waals surface area contributed by atoms with Crippen molar-refractivity contribution in [3.8, 4) is 6.07 Å². The highest BCUT2D eigenvalue weighted by Gasteiger charge is 2.26. The smallest absolute Gasteiger partial charge is 0.153 e. The monoisotopic (exact) mass is 376 g/mol. The van der Waals surface area contributed by atoms with Crippen molar-refractivity contribution in [3.63, 3.8) is 0 Å². The first-order valence-electron chi connectivity index (χ1n) is 9.70. The molecule has 4 rings (SSSR count). The lowest BCUT2D eigenvalue weighted by Crippen LogP contribution is -2.34. The number of aryl methyl sites for hydroxylation is 1. The Balaban J connectivity index is 1.47. The van der Waals surface area contributed by atoms with E-state index in [1.165, 1.54) is 0 Å². The first-order chi connectivity index (χ1) is 13.7. The Labute approximate surface area is 164 Å². The van der Waals surface area contributed by atoms with Gasteiger partial charge in [-0.25, -0.2) is 9.97 Å². The predicted molar refractivity (Wildman–Crippen MR) is 105 cm³/mol. The van der Waals surface area contributed by atoms with E-state index >= 15 is 0 Å². The molecule has 3 aromatic rings. The highest BCUT2D eigenvalue weighted by molar-refractivity contribution is 5.45. The number of rotatable bonds is 5. The third-order valence-corrected chi connectivity index (χ3v) is 5.47. The lowest BCUT2D eigenvalue weighted by atomic mass is 9.95. The molecule has 1 saturated heterocycles. The van der Waals surface area contributed by atoms with E-state index in [1.54, 1.807) is 12.3 Å². The van der Waals surface area contributed by atoms with Crippen LogP contribution < -0.4 is 4.90 Å². The minimum Gasteiger partial charge on any atom is -0.357 e. The number of imidazole rings is 1. The molecule has 4 heterocycles. The van der Waals surface area contributed by atoms with Crippen LogP contribution >= 0.6 is 0 Å². The zero-order valence-corrected chi connectivity index (χ0v) is 16.3. The van der Waals surface area contributed by atoms with Crippen molar-refractivity contribution in [1.29, 1.82) is 5.26 Å². The zero-order chi connectivity index (χ0) is 19.5. The number of hydrogen-bond acceptors (Lipinski definition) is 6. The Morgan fingerprint density at radius 1 is 1.18 bits per heavy atom. The van der Waals surface area contributed by atoms with Gasteiger partial charge in [-0.15, -0.1) is 10.2 Å². The van der Waals surface area contributed by atoms with Gasteiger partial charge < -0.3 is 14.0 Å². The van der Waals surface area contributed by atoms with Crippen molar-refractivity contribution in [2.24, 2.45) is 0 Å². The van der Waals surface area contributed by atoms with Crippen LogP contribution in [-0.2, 0) is 13.1 Å². The van der Waals surface area contributed by atoms with Crippen LogP contribution in [0.15, 0.2) is 30.7 Å². The van der Waals surface area contributed by atoms with Gasteiger partial charge in [-0.1, -0.05) is 0 Å². The molecule has 0 spiro atoms. The van der Waals surface area contributed by atoms with E-state index < -0.39 is 0 Å². The summed E-state index contributed by atoms with van der Waals surface area (Å²) in [6.45, 7) is 7.49. The summed E-state index contributed by atoms with van der Waals surface area (Å²) in [5.74, 6) is 4.30. The maximum atomic E-state index is 9.10. The van der Waals surface area contributed by atoms with E-state index in [0.29, 0.717) is 18.0 Å². The van der Waals surface area contributed by atoms with Crippen LogP contribution in [0.4, 0.5) is 5.82 Å². The Hall–Kier alpha value is -3.21. The Morgan fingerprint density at radius 2 is 2.00 bits per heavy atom. The lowest BCUT2D eigenvalue weighted by molar-refractivity contribution is 0.462. The maximum absolute atomic E-state index is 9.10. The topological polar surface area (TPSA) is 88.5 Å². The molecule has 0 N–H and O–H groups in total. The van der Waals surface area contributed by atoms with Gasteiger partial charge in [-0.05, 0) is 38.8 Å². The maximum Gasteiger partial charge on any atom is 0.153 e. The highest BCUT2D eigenvalue weighted by atomic mass is 15.3. The van der Waals surface area contributed by atoms with Crippen LogP contribution in [0.5, 0.6) is 0 Å². The largest absolute Gasteiger partial charge is 0.357 e. The fraction of sp³-hybridized carbons (Fsp3) is 0.450. The molecule has 0 aliphatic carbocycles. The van der Waals surface area contributed by atoms with Gasteiger partial charge in [0.1, 0.15) is 17.5 Å². The van der Waals surface area contributed by atoms with Crippen LogP contribution in [-0.4, -0.2) is 42.4 Å². The lowest BCUT2D eigenvalue weighted by Gasteiger charge is -2.32. The standard InChI is InChI=1S/C20H24N8/c1-3-28-19(14-27-11-8-22-15(27)2)24-25-20(28)17-5-9-26(10-6-17)18-12-16(13-21)4-7-23-18/h4,7-8,11-12,17H,3,5-6,9-10,14H2,1-2H3. The second-order valence-electron chi connectivity index (χ2n) is 7.10. The molecule has 3 aromatic heterocycles. The Kier molecular flexibility index (Phi) is 5.06. The minimum absolute atomic E-state index is 0.389. The summed E-state index contributed by atoms with van der Waals surface area (Å²) in [6.07, 6.45) is 7.50. The number of piperidine rings is 1. The number of anilines is 1. The van der Waals surface area contributed by atoms with Crippen LogP contribution in [0.2, 0.25) is 0 Å². The van der Waals surface area contributed by atoms with Crippen LogP contribution in [0, 0.1) is 18.3 Å². The normalized spacial score (nSPS) is 15.0. The molecule has 0 saturated carbocycles. The summed E-state index contributed by atoms with van der Waals surface area (Å²) in [5, 5.41) is 18.1. The molecule has 1 aliphatic rings. The summed E-state index contributed by atoms with van der Waals surface area (Å²) in [6, 6.07) is 5.79. The predicted octanol–water partition coefficient (Wildman–Crippen LogP) is 2.50. The molecule has 28 heavy (non-hydrogen) atoms. The fourth-order valence-electron chi connectivity index (χ4n) is 3.86. The quantitative estimate of drug-likeness (QED) is 0.680. The number of aromatic nitrogens is 6. The molecule has 0 amide bonds. The fourth-order valence-corrected chi connectivity index (χ4v) is 3.86. The Morgan fingerprint density at radius 3 is 2.68 bits per heavy atom. The first-order valence-corrected chi connectivity index (χ1v) is 9.70. The molecule has 0 radical (unpaired) electrons. The van der Waals surface area contributed by atoms with Crippen molar-refractivity contribution >= 4 is 5.82 Å². The third kappa shape index (κ3) is 3.48. The third-order valence-electron chi connectivity index (χ3n) is 5.47. The summed E-state index contributed by atoms with van der Waals surface area (Å²) in [7, 11) is 0. The number of pyridine rings is 1. The Bertz CT molecular complexity index is 988. The molecule has 0 aromatic carbocycles. The van der Waals surface area contributed by atoms with Crippen LogP contribution in [0.3, 0.4) is 0 Å². The van der Waals surface area contributed by atoms with Gasteiger partial charge in [0.25, 0.3) is 0 Å². The van der Waals surface area contributed by atoms with Crippen LogP contribution in [0.25, 0.3) is 0 Å². The molecule has 1 aliphatic heterocycles. The van der Waals surface area contributed by atoms with Crippen molar-refractivity contribution in [2.45, 2.75) is 45.7 Å². The summed E-state index contributed by atoms with van der Waals surface area (Å²) in [4.78, 5) is 11.0. The minimum atomic E-state index is 0.389. The summed E-state index contributed by atoms with van der Waals surface area (Å²) in [5.41, 5.74) is 0.650. The average molecular weight is 376 g/mol. The van der Waals surface area contributed by atoms with E-state index in [-0.39, 0.29) is 0 Å². The van der Waals surface area contributed by atoms with Gasteiger partial charge in [0, 0.05) is 44.1 Å². The van der Waals surface area contributed by atoms with Crippen molar-refractivity contribution in [3.05, 3.63) is 53.8 Å². The second kappa shape index (κ2) is 7.80. The van der Waals surface area contributed by atoms with E-state index in [4.69, 9.17) is 5.26 Å². The molecule has 8 heteroatoms. The molecule has 0 unspecified atom stereocenters. The number of nitrogens with zero attached hydrogens (tertiary/aromatic N) is 8. The van der Waals surface area contributed by atoms with Gasteiger partial charge in [0.2, 0.25) is 0 Å². The van der Waals surface area contributed by atoms with Gasteiger partial charge in [-0.2, -0.15) is 5.26 Å². The summed E-state index contributed by atoms with van der Waals surface area (Å²) >= 11 is 0. The van der Waals surface area contributed by atoms with Gasteiger partial charge >= 0.3 is 0 Å². The van der Waals surface area contributed by atoms with Crippen LogP contribution in [0.1, 0.15) is 48.7 Å². The molecule has 1 fully saturated rings. The second-order valence-corrected chi connectivity index (χ2v) is 7.10. The molecular weight excluding hydrogens is 352 g/mol. The number of hydrogen-bond donors (Lipinski definition) is 0. The van der Waals surface area contributed by atoms with Crippen molar-refractivity contribution < 1.29 is 0 Å². The zero-order valence-electron chi connectivity index (χ0n) is 16.3. The number of nitriles is 1. The molecule has 0 bridgehead atoms. The van der Waals surface area contributed by atoms with Gasteiger partial charge in [-0.3, -0.25) is 0 Å². The van der Waals surface area contributed by atoms with E-state index in [1.807, 2.05) is 25.4 Å². The van der Waals surface area contributed by atoms with E-state index in [9.17, 15) is 0 Å². The van der Waals surface area contributed by atoms with Crippen molar-refractivity contribution in [1.82, 2.24) is 29.3 Å². The van der Waals surface area contributed by atoms with E-state index in [0.717, 1.165) is 55.8 Å².